The molecule has 4 aromatic carbocycles. The highest BCUT2D eigenvalue weighted by molar-refractivity contribution is 5.89. The summed E-state index contributed by atoms with van der Waals surface area (Å²) in [5.41, 5.74) is 0.521. The Hall–Kier alpha value is -4.85. The normalized spacial score (nSPS) is 11.9. The maximum Gasteiger partial charge on any atom is 0.453 e. The summed E-state index contributed by atoms with van der Waals surface area (Å²) in [5.74, 6) is -2.99. The molecule has 0 atom stereocenters. The van der Waals surface area contributed by atoms with Gasteiger partial charge in [0.25, 0.3) is 5.76 Å². The van der Waals surface area contributed by atoms with Gasteiger partial charge in [-0.05, 0) is 58.2 Å². The Kier molecular flexibility index (Phi) is 7.17. The molecule has 0 fully saturated rings. The van der Waals surface area contributed by atoms with Gasteiger partial charge in [-0.1, -0.05) is 68.4 Å². The van der Waals surface area contributed by atoms with Crippen LogP contribution >= 0.6 is 0 Å². The summed E-state index contributed by atoms with van der Waals surface area (Å²) in [6, 6.07) is 23.1. The monoisotopic (exact) mass is 544 g/mol. The van der Waals surface area contributed by atoms with Crippen molar-refractivity contribution >= 4 is 33.8 Å². The molecule has 0 radical (unpaired) electrons. The summed E-state index contributed by atoms with van der Waals surface area (Å²) in [7, 11) is 0. The molecule has 202 valence electrons. The van der Waals surface area contributed by atoms with Crippen molar-refractivity contribution in [2.24, 2.45) is 0 Å². The number of esters is 1. The Bertz CT molecular complexity index is 1800. The first-order chi connectivity index (χ1) is 19.1. The van der Waals surface area contributed by atoms with Gasteiger partial charge in [-0.3, -0.25) is 4.79 Å². The fourth-order valence-corrected chi connectivity index (χ4v) is 4.15. The largest absolute Gasteiger partial charge is 0.453 e. The van der Waals surface area contributed by atoms with E-state index in [9.17, 15) is 22.8 Å². The predicted octanol–water partition coefficient (Wildman–Crippen LogP) is 8.50. The summed E-state index contributed by atoms with van der Waals surface area (Å²) in [5, 5.41) is 1.42. The van der Waals surface area contributed by atoms with E-state index in [4.69, 9.17) is 13.9 Å². The topological polar surface area (TPSA) is 65.7 Å². The summed E-state index contributed by atoms with van der Waals surface area (Å²) in [6.45, 7) is 4.15. The molecule has 0 aliphatic heterocycles. The Labute approximate surface area is 227 Å². The molecule has 0 N–H and O–H groups in total. The van der Waals surface area contributed by atoms with Crippen LogP contribution in [-0.2, 0) is 11.0 Å². The molecule has 5 nitrogen and oxygen atoms in total. The van der Waals surface area contributed by atoms with Crippen LogP contribution in [0.4, 0.5) is 13.2 Å². The number of fused-ring (bicyclic) bond motifs is 2. The average Bonchev–Trinajstić information content (AvgIpc) is 2.93. The van der Waals surface area contributed by atoms with Gasteiger partial charge in [0.2, 0.25) is 11.2 Å². The molecular formula is C32H23F3O5. The Morgan fingerprint density at radius 1 is 0.875 bits per heavy atom. The van der Waals surface area contributed by atoms with Crippen LogP contribution < -0.4 is 14.9 Å². The lowest BCUT2D eigenvalue weighted by molar-refractivity contribution is -0.154. The number of ether oxygens (including phenoxy) is 2. The lowest BCUT2D eigenvalue weighted by atomic mass is 10.0. The second-order valence-corrected chi connectivity index (χ2v) is 9.43. The molecule has 0 saturated carbocycles. The molecule has 1 heterocycles. The van der Waals surface area contributed by atoms with Crippen molar-refractivity contribution < 1.29 is 31.9 Å². The zero-order valence-corrected chi connectivity index (χ0v) is 21.5. The average molecular weight is 545 g/mol. The van der Waals surface area contributed by atoms with Gasteiger partial charge in [-0.25, -0.2) is 4.79 Å². The number of carbonyl (C=O) groups excluding carboxylic acids is 1. The molecule has 40 heavy (non-hydrogen) atoms. The number of rotatable bonds is 6. The number of benzene rings is 4. The smallest absolute Gasteiger partial charge is 0.449 e. The van der Waals surface area contributed by atoms with Crippen LogP contribution in [0.2, 0.25) is 0 Å². The second-order valence-electron chi connectivity index (χ2n) is 9.43. The molecule has 0 aliphatic rings. The van der Waals surface area contributed by atoms with Gasteiger partial charge < -0.3 is 13.9 Å². The highest BCUT2D eigenvalue weighted by Gasteiger charge is 2.40. The highest BCUT2D eigenvalue weighted by Crippen LogP contribution is 2.39. The minimum Gasteiger partial charge on any atom is -0.449 e. The van der Waals surface area contributed by atoms with Crippen LogP contribution in [0.25, 0.3) is 27.8 Å². The van der Waals surface area contributed by atoms with Crippen molar-refractivity contribution in [1.29, 1.82) is 0 Å². The molecule has 8 heteroatoms. The summed E-state index contributed by atoms with van der Waals surface area (Å²) < 4.78 is 57.6. The van der Waals surface area contributed by atoms with E-state index in [1.54, 1.807) is 24.3 Å². The Morgan fingerprint density at radius 3 is 2.27 bits per heavy atom. The van der Waals surface area contributed by atoms with Gasteiger partial charge in [0.05, 0.1) is 5.39 Å². The van der Waals surface area contributed by atoms with E-state index >= 15 is 0 Å². The van der Waals surface area contributed by atoms with Crippen molar-refractivity contribution in [3.05, 3.63) is 118 Å². The van der Waals surface area contributed by atoms with Gasteiger partial charge >= 0.3 is 12.1 Å². The van der Waals surface area contributed by atoms with Crippen molar-refractivity contribution in [3.63, 3.8) is 0 Å². The number of halogens is 3. The number of hydrogen-bond donors (Lipinski definition) is 0. The van der Waals surface area contributed by atoms with Crippen molar-refractivity contribution in [2.45, 2.75) is 25.9 Å². The van der Waals surface area contributed by atoms with Gasteiger partial charge in [-0.2, -0.15) is 13.2 Å². The van der Waals surface area contributed by atoms with Crippen LogP contribution in [0, 0.1) is 0 Å². The Morgan fingerprint density at radius 2 is 1.57 bits per heavy atom. The predicted molar refractivity (Wildman–Crippen MR) is 147 cm³/mol. The van der Waals surface area contributed by atoms with E-state index in [0.717, 1.165) is 28.0 Å². The molecule has 0 aliphatic carbocycles. The van der Waals surface area contributed by atoms with E-state index < -0.39 is 34.7 Å². The third-order valence-corrected chi connectivity index (χ3v) is 6.25. The minimum atomic E-state index is -5.03. The number of alkyl halides is 3. The highest BCUT2D eigenvalue weighted by atomic mass is 19.4. The zero-order valence-electron chi connectivity index (χ0n) is 21.5. The van der Waals surface area contributed by atoms with Crippen LogP contribution in [0.1, 0.15) is 36.7 Å². The lowest BCUT2D eigenvalue weighted by Crippen LogP contribution is -2.15. The molecule has 0 spiro atoms. The molecule has 0 amide bonds. The van der Waals surface area contributed by atoms with E-state index in [0.29, 0.717) is 5.92 Å². The molecule has 1 aromatic heterocycles. The van der Waals surface area contributed by atoms with Crippen molar-refractivity contribution in [3.8, 4) is 17.2 Å². The summed E-state index contributed by atoms with van der Waals surface area (Å²) in [6.07, 6.45) is -2.27. The summed E-state index contributed by atoms with van der Waals surface area (Å²) in [4.78, 5) is 25.5. The first-order valence-electron chi connectivity index (χ1n) is 12.4. The Balaban J connectivity index is 1.43. The molecule has 5 rings (SSSR count). The zero-order chi connectivity index (χ0) is 28.4. The van der Waals surface area contributed by atoms with Crippen molar-refractivity contribution in [2.75, 3.05) is 0 Å². The standard InChI is InChI=1S/C32H23F3O5/c1-19(2)21-10-7-20(8-11-21)9-16-28(36)38-25-14-15-26-27(18-25)40-31(32(33,34)35)30(29(26)37)39-24-13-12-22-5-3-4-6-23(22)17-24/h3-19H,1-2H3/b16-9+. The maximum atomic E-state index is 13.9. The second kappa shape index (κ2) is 10.7. The first-order valence-corrected chi connectivity index (χ1v) is 12.4. The summed E-state index contributed by atoms with van der Waals surface area (Å²) >= 11 is 0. The molecule has 0 saturated heterocycles. The van der Waals surface area contributed by atoms with E-state index in [2.05, 4.69) is 13.8 Å². The van der Waals surface area contributed by atoms with Gasteiger partial charge in [0.1, 0.15) is 17.1 Å². The lowest BCUT2D eigenvalue weighted by Gasteiger charge is -2.14. The number of carbonyl (C=O) groups is 1. The maximum absolute atomic E-state index is 13.9. The van der Waals surface area contributed by atoms with Gasteiger partial charge in [0.15, 0.2) is 0 Å². The number of hydrogen-bond acceptors (Lipinski definition) is 5. The quantitative estimate of drug-likeness (QED) is 0.122. The fraction of sp³-hybridized carbons (Fsp3) is 0.125. The molecule has 0 bridgehead atoms. The fourth-order valence-electron chi connectivity index (χ4n) is 4.15. The van der Waals surface area contributed by atoms with E-state index in [1.165, 1.54) is 30.3 Å². The minimum absolute atomic E-state index is 0.0482. The van der Waals surface area contributed by atoms with E-state index in [1.807, 2.05) is 36.4 Å². The van der Waals surface area contributed by atoms with Crippen LogP contribution in [0.5, 0.6) is 17.2 Å². The van der Waals surface area contributed by atoms with Crippen LogP contribution in [0.3, 0.4) is 0 Å². The van der Waals surface area contributed by atoms with Crippen LogP contribution in [-0.4, -0.2) is 5.97 Å². The first kappa shape index (κ1) is 26.7. The van der Waals surface area contributed by atoms with E-state index in [-0.39, 0.29) is 16.9 Å². The SMILES string of the molecule is CC(C)c1ccc(/C=C/C(=O)Oc2ccc3c(=O)c(Oc4ccc5ccccc5c4)c(C(F)(F)F)oc3c2)cc1. The van der Waals surface area contributed by atoms with Gasteiger partial charge in [-0.15, -0.1) is 0 Å². The van der Waals surface area contributed by atoms with Gasteiger partial charge in [0, 0.05) is 12.1 Å². The molecule has 0 unspecified atom stereocenters. The van der Waals surface area contributed by atoms with Crippen LogP contribution in [0.15, 0.2) is 100 Å². The molecular weight excluding hydrogens is 521 g/mol. The van der Waals surface area contributed by atoms with Crippen molar-refractivity contribution in [1.82, 2.24) is 0 Å². The third kappa shape index (κ3) is 5.76. The third-order valence-electron chi connectivity index (χ3n) is 6.25. The molecule has 5 aromatic rings.